The molecule has 3 amide bonds. The number of likely N-dealkylation sites (tertiary alicyclic amines) is 1. The van der Waals surface area contributed by atoms with Crippen LogP contribution in [0.1, 0.15) is 71.4 Å². The van der Waals surface area contributed by atoms with Crippen molar-refractivity contribution in [2.75, 3.05) is 6.54 Å². The maximum Gasteiger partial charge on any atom is 0.407 e. The molecule has 8 nitrogen and oxygen atoms in total. The Bertz CT molecular complexity index is 864. The maximum absolute atomic E-state index is 12.9. The molecule has 1 aliphatic heterocycles. The monoisotopic (exact) mass is 481 g/mol. The van der Waals surface area contributed by atoms with Crippen LogP contribution in [0.15, 0.2) is 18.2 Å². The minimum atomic E-state index is -1.45. The van der Waals surface area contributed by atoms with E-state index in [1.165, 1.54) is 4.90 Å². The van der Waals surface area contributed by atoms with Crippen LogP contribution in [0.2, 0.25) is 5.02 Å². The van der Waals surface area contributed by atoms with Crippen molar-refractivity contribution in [2.24, 2.45) is 0 Å². The zero-order valence-electron chi connectivity index (χ0n) is 20.2. The van der Waals surface area contributed by atoms with E-state index in [0.717, 1.165) is 11.1 Å². The number of carbonyl (C=O) groups is 3. The van der Waals surface area contributed by atoms with Gasteiger partial charge in [-0.05, 0) is 69.7 Å². The number of benzene rings is 1. The molecule has 0 unspecified atom stereocenters. The molecule has 1 saturated heterocycles. The smallest absolute Gasteiger partial charge is 0.407 e. The highest BCUT2D eigenvalue weighted by Crippen LogP contribution is 2.26. The van der Waals surface area contributed by atoms with Crippen molar-refractivity contribution in [3.05, 3.63) is 34.3 Å². The number of nitrogens with one attached hydrogen (secondary N) is 2. The molecule has 1 fully saturated rings. The molecule has 2 rings (SSSR count). The molecule has 1 atom stereocenters. The van der Waals surface area contributed by atoms with Gasteiger partial charge in [0, 0.05) is 24.7 Å². The Morgan fingerprint density at radius 1 is 1.12 bits per heavy atom. The molecule has 3 N–H and O–H groups in total. The summed E-state index contributed by atoms with van der Waals surface area (Å²) in [6, 6.07) is 4.62. The summed E-state index contributed by atoms with van der Waals surface area (Å²) in [4.78, 5) is 39.3. The number of alkyl carbamates (subject to hydrolysis) is 1. The average molecular weight is 482 g/mol. The highest BCUT2D eigenvalue weighted by atomic mass is 35.5. The Labute approximate surface area is 201 Å². The first-order chi connectivity index (χ1) is 15.4. The molecular weight excluding hydrogens is 446 g/mol. The number of rotatable bonds is 8. The van der Waals surface area contributed by atoms with Gasteiger partial charge in [-0.15, -0.1) is 0 Å². The van der Waals surface area contributed by atoms with Crippen molar-refractivity contribution in [3.8, 4) is 0 Å². The van der Waals surface area contributed by atoms with E-state index < -0.39 is 29.2 Å². The Balaban J connectivity index is 2.05. The van der Waals surface area contributed by atoms with Crippen LogP contribution in [0.5, 0.6) is 0 Å². The Morgan fingerprint density at radius 2 is 1.76 bits per heavy atom. The van der Waals surface area contributed by atoms with Crippen molar-refractivity contribution >= 4 is 29.5 Å². The minimum Gasteiger partial charge on any atom is -0.444 e. The summed E-state index contributed by atoms with van der Waals surface area (Å²) in [6.07, 6.45) is 1.30. The van der Waals surface area contributed by atoms with E-state index in [2.05, 4.69) is 10.6 Å². The zero-order valence-corrected chi connectivity index (χ0v) is 20.9. The van der Waals surface area contributed by atoms with Crippen LogP contribution in [0.3, 0.4) is 0 Å². The van der Waals surface area contributed by atoms with E-state index in [9.17, 15) is 19.5 Å². The SMILES string of the molecule is CCC(O)(CC)C(=O)N1CCC[C@H]1C(=O)NCc1cc(Cl)ccc1CNC(=O)OC(C)(C)C. The van der Waals surface area contributed by atoms with Gasteiger partial charge >= 0.3 is 6.09 Å². The first-order valence-electron chi connectivity index (χ1n) is 11.5. The predicted octanol–water partition coefficient (Wildman–Crippen LogP) is 3.52. The molecule has 0 spiro atoms. The molecule has 1 aromatic carbocycles. The fraction of sp³-hybridized carbons (Fsp3) is 0.625. The van der Waals surface area contributed by atoms with Crippen molar-refractivity contribution in [1.82, 2.24) is 15.5 Å². The van der Waals surface area contributed by atoms with Gasteiger partial charge in [-0.3, -0.25) is 9.59 Å². The van der Waals surface area contributed by atoms with Crippen molar-refractivity contribution in [3.63, 3.8) is 0 Å². The van der Waals surface area contributed by atoms with E-state index in [1.807, 2.05) is 0 Å². The second kappa shape index (κ2) is 11.2. The third-order valence-electron chi connectivity index (χ3n) is 5.83. The summed E-state index contributed by atoms with van der Waals surface area (Å²) in [5, 5.41) is 16.7. The molecule has 9 heteroatoms. The number of amides is 3. The van der Waals surface area contributed by atoms with Crippen LogP contribution in [0, 0.1) is 0 Å². The molecule has 1 aliphatic rings. The Morgan fingerprint density at radius 3 is 2.36 bits per heavy atom. The van der Waals surface area contributed by atoms with Crippen molar-refractivity contribution in [1.29, 1.82) is 0 Å². The highest BCUT2D eigenvalue weighted by molar-refractivity contribution is 6.30. The lowest BCUT2D eigenvalue weighted by molar-refractivity contribution is -0.155. The normalized spacial score (nSPS) is 16.5. The first-order valence-corrected chi connectivity index (χ1v) is 11.8. The fourth-order valence-electron chi connectivity index (χ4n) is 3.82. The summed E-state index contributed by atoms with van der Waals surface area (Å²) in [6.45, 7) is 9.73. The number of hydrogen-bond acceptors (Lipinski definition) is 5. The molecule has 0 saturated carbocycles. The quantitative estimate of drug-likeness (QED) is 0.526. The van der Waals surface area contributed by atoms with Crippen LogP contribution in [-0.4, -0.2) is 51.7 Å². The van der Waals surface area contributed by atoms with Crippen molar-refractivity contribution < 1.29 is 24.2 Å². The van der Waals surface area contributed by atoms with E-state index >= 15 is 0 Å². The van der Waals surface area contributed by atoms with E-state index in [-0.39, 0.29) is 19.0 Å². The summed E-state index contributed by atoms with van der Waals surface area (Å²) in [5.74, 6) is -0.670. The second-order valence-electron chi connectivity index (χ2n) is 9.38. The van der Waals surface area contributed by atoms with Gasteiger partial charge in [0.1, 0.15) is 17.2 Å². The van der Waals surface area contributed by atoms with Gasteiger partial charge in [-0.25, -0.2) is 4.79 Å². The molecule has 0 aromatic heterocycles. The second-order valence-corrected chi connectivity index (χ2v) is 9.82. The van der Waals surface area contributed by atoms with Crippen LogP contribution in [0.25, 0.3) is 0 Å². The molecule has 1 aromatic rings. The first kappa shape index (κ1) is 26.9. The lowest BCUT2D eigenvalue weighted by atomic mass is 9.95. The summed E-state index contributed by atoms with van der Waals surface area (Å²) >= 11 is 6.15. The third kappa shape index (κ3) is 7.33. The van der Waals surface area contributed by atoms with Gasteiger partial charge in [0.2, 0.25) is 5.91 Å². The fourth-order valence-corrected chi connectivity index (χ4v) is 4.01. The average Bonchev–Trinajstić information content (AvgIpc) is 3.24. The number of ether oxygens (including phenoxy) is 1. The lowest BCUT2D eigenvalue weighted by Crippen LogP contribution is -2.53. The van der Waals surface area contributed by atoms with Crippen LogP contribution >= 0.6 is 11.6 Å². The maximum atomic E-state index is 12.9. The largest absolute Gasteiger partial charge is 0.444 e. The third-order valence-corrected chi connectivity index (χ3v) is 6.06. The zero-order chi connectivity index (χ0) is 24.8. The lowest BCUT2D eigenvalue weighted by Gasteiger charge is -2.32. The molecule has 0 aliphatic carbocycles. The Hall–Kier alpha value is -2.32. The predicted molar refractivity (Wildman–Crippen MR) is 127 cm³/mol. The van der Waals surface area contributed by atoms with Gasteiger partial charge < -0.3 is 25.4 Å². The summed E-state index contributed by atoms with van der Waals surface area (Å²) < 4.78 is 5.27. The van der Waals surface area contributed by atoms with E-state index in [0.29, 0.717) is 37.3 Å². The Kier molecular flexibility index (Phi) is 9.14. The van der Waals surface area contributed by atoms with Crippen molar-refractivity contribution in [2.45, 2.75) is 90.6 Å². The van der Waals surface area contributed by atoms with E-state index in [4.69, 9.17) is 16.3 Å². The topological polar surface area (TPSA) is 108 Å². The standard InChI is InChI=1S/C24H36ClN3O5/c1-6-24(32,7-2)21(30)28-12-8-9-19(28)20(29)26-15-17-13-18(25)11-10-16(17)14-27-22(31)33-23(3,4)5/h10-11,13,19,32H,6-9,12,14-15H2,1-5H3,(H,26,29)(H,27,31)/t19-/m0/s1. The van der Waals surface area contributed by atoms with Crippen LogP contribution in [-0.2, 0) is 27.4 Å². The number of halogens is 1. The van der Waals surface area contributed by atoms with E-state index in [1.54, 1.807) is 52.8 Å². The van der Waals surface area contributed by atoms with Crippen LogP contribution < -0.4 is 10.6 Å². The van der Waals surface area contributed by atoms with Gasteiger partial charge in [0.05, 0.1) is 0 Å². The molecule has 1 heterocycles. The number of aliphatic hydroxyl groups is 1. The number of carbonyl (C=O) groups excluding carboxylic acids is 3. The summed E-state index contributed by atoms with van der Waals surface area (Å²) in [5.41, 5.74) is -0.513. The van der Waals surface area contributed by atoms with Gasteiger partial charge in [0.25, 0.3) is 5.91 Å². The molecular formula is C24H36ClN3O5. The summed E-state index contributed by atoms with van der Waals surface area (Å²) in [7, 11) is 0. The molecule has 33 heavy (non-hydrogen) atoms. The number of hydrogen-bond donors (Lipinski definition) is 3. The van der Waals surface area contributed by atoms with Gasteiger partial charge in [0.15, 0.2) is 0 Å². The molecule has 0 radical (unpaired) electrons. The minimum absolute atomic E-state index is 0.190. The number of nitrogens with zero attached hydrogens (tertiary/aromatic N) is 1. The van der Waals surface area contributed by atoms with Crippen LogP contribution in [0.4, 0.5) is 4.79 Å². The van der Waals surface area contributed by atoms with Gasteiger partial charge in [-0.2, -0.15) is 0 Å². The molecule has 0 bridgehead atoms. The van der Waals surface area contributed by atoms with Gasteiger partial charge in [-0.1, -0.05) is 31.5 Å². The molecule has 184 valence electrons. The highest BCUT2D eigenvalue weighted by Gasteiger charge is 2.42.